The number of nitrogens with zero attached hydrogens (tertiary/aromatic N) is 2. The van der Waals surface area contributed by atoms with E-state index in [0.29, 0.717) is 19.0 Å². The van der Waals surface area contributed by atoms with Crippen LogP contribution < -0.4 is 14.2 Å². The maximum absolute atomic E-state index is 13.0. The number of nitro benzene ring substituents is 1. The smallest absolute Gasteiger partial charge is 0.327 e. The van der Waals surface area contributed by atoms with Gasteiger partial charge in [0.15, 0.2) is 5.75 Å². The summed E-state index contributed by atoms with van der Waals surface area (Å²) in [4.78, 5) is 25.7. The van der Waals surface area contributed by atoms with Crippen LogP contribution in [0.4, 0.5) is 5.69 Å². The molecule has 1 aliphatic rings. The molecule has 138 valence electrons. The Labute approximate surface area is 146 Å². The molecule has 8 heteroatoms. The zero-order valence-electron chi connectivity index (χ0n) is 15.0. The van der Waals surface area contributed by atoms with E-state index >= 15 is 0 Å². The molecule has 0 spiro atoms. The first-order chi connectivity index (χ1) is 12.0. The Balaban J connectivity index is 2.55. The van der Waals surface area contributed by atoms with Gasteiger partial charge in [-0.05, 0) is 18.8 Å². The molecule has 25 heavy (non-hydrogen) atoms. The van der Waals surface area contributed by atoms with Gasteiger partial charge in [-0.2, -0.15) is 0 Å². The second kappa shape index (κ2) is 8.04. The van der Waals surface area contributed by atoms with E-state index in [1.165, 1.54) is 27.4 Å². The average molecular weight is 352 g/mol. The molecule has 2 rings (SSSR count). The number of benzene rings is 1. The third-order valence-corrected chi connectivity index (χ3v) is 4.60. The van der Waals surface area contributed by atoms with Gasteiger partial charge in [-0.25, -0.2) is 0 Å². The zero-order valence-corrected chi connectivity index (χ0v) is 15.0. The van der Waals surface area contributed by atoms with Gasteiger partial charge in [-0.1, -0.05) is 13.3 Å². The minimum absolute atomic E-state index is 0.0451. The van der Waals surface area contributed by atoms with Crippen LogP contribution in [0.5, 0.6) is 17.2 Å². The highest BCUT2D eigenvalue weighted by atomic mass is 16.6. The minimum Gasteiger partial charge on any atom is -0.493 e. The van der Waals surface area contributed by atoms with Gasteiger partial charge in [0.05, 0.1) is 26.3 Å². The zero-order chi connectivity index (χ0) is 18.6. The Kier molecular flexibility index (Phi) is 6.06. The van der Waals surface area contributed by atoms with Crippen LogP contribution in [-0.4, -0.2) is 50.1 Å². The molecule has 1 heterocycles. The molecule has 1 saturated heterocycles. The van der Waals surface area contributed by atoms with Gasteiger partial charge in [0.25, 0.3) is 5.91 Å². The number of ether oxygens (including phenoxy) is 3. The molecule has 0 saturated carbocycles. The SMILES string of the molecule is CC[C@H]1CCCN(C(=O)c2cc(OC)c(OC)c(OC)c2[N+](=O)[O-])C1. The van der Waals surface area contributed by atoms with Crippen molar-refractivity contribution in [2.75, 3.05) is 34.4 Å². The van der Waals surface area contributed by atoms with Crippen molar-refractivity contribution in [3.8, 4) is 17.2 Å². The van der Waals surface area contributed by atoms with Crippen LogP contribution >= 0.6 is 0 Å². The maximum atomic E-state index is 13.0. The fraction of sp³-hybridized carbons (Fsp3) is 0.588. The van der Waals surface area contributed by atoms with Gasteiger partial charge in [0.2, 0.25) is 11.5 Å². The lowest BCUT2D eigenvalue weighted by atomic mass is 9.95. The lowest BCUT2D eigenvalue weighted by Gasteiger charge is -2.32. The van der Waals surface area contributed by atoms with E-state index in [-0.39, 0.29) is 28.7 Å². The highest BCUT2D eigenvalue weighted by Gasteiger charge is 2.35. The number of hydrogen-bond donors (Lipinski definition) is 0. The first-order valence-electron chi connectivity index (χ1n) is 8.25. The minimum atomic E-state index is -0.616. The van der Waals surface area contributed by atoms with Crippen molar-refractivity contribution in [2.45, 2.75) is 26.2 Å². The second-order valence-corrected chi connectivity index (χ2v) is 5.97. The number of likely N-dealkylation sites (tertiary alicyclic amines) is 1. The van der Waals surface area contributed by atoms with Crippen LogP contribution in [0.2, 0.25) is 0 Å². The first-order valence-corrected chi connectivity index (χ1v) is 8.25. The van der Waals surface area contributed by atoms with Crippen molar-refractivity contribution < 1.29 is 23.9 Å². The summed E-state index contributed by atoms with van der Waals surface area (Å²) in [5, 5.41) is 11.6. The summed E-state index contributed by atoms with van der Waals surface area (Å²) < 4.78 is 15.6. The van der Waals surface area contributed by atoms with Crippen molar-refractivity contribution in [1.29, 1.82) is 0 Å². The lowest BCUT2D eigenvalue weighted by Crippen LogP contribution is -2.40. The molecule has 1 amide bonds. The molecule has 1 aliphatic heterocycles. The molecule has 0 bridgehead atoms. The van der Waals surface area contributed by atoms with Crippen LogP contribution in [-0.2, 0) is 0 Å². The van der Waals surface area contributed by atoms with Crippen LogP contribution in [0.25, 0.3) is 0 Å². The highest BCUT2D eigenvalue weighted by Crippen LogP contribution is 2.46. The second-order valence-electron chi connectivity index (χ2n) is 5.97. The number of carbonyl (C=O) groups is 1. The van der Waals surface area contributed by atoms with E-state index in [1.54, 1.807) is 4.90 Å². The molecule has 0 aliphatic carbocycles. The molecule has 1 atom stereocenters. The first kappa shape index (κ1) is 18.8. The standard InChI is InChI=1S/C17H24N2O6/c1-5-11-7-6-8-18(10-11)17(20)12-9-13(23-2)15(24-3)16(25-4)14(12)19(21)22/h9,11H,5-8,10H2,1-4H3/t11-/m0/s1. The Morgan fingerprint density at radius 1 is 1.28 bits per heavy atom. The number of rotatable bonds is 6. The third-order valence-electron chi connectivity index (χ3n) is 4.60. The van der Waals surface area contributed by atoms with Gasteiger partial charge < -0.3 is 19.1 Å². The molecular weight excluding hydrogens is 328 g/mol. The van der Waals surface area contributed by atoms with E-state index < -0.39 is 10.6 Å². The molecule has 1 fully saturated rings. The number of methoxy groups -OCH3 is 3. The van der Waals surface area contributed by atoms with Gasteiger partial charge in [-0.15, -0.1) is 0 Å². The predicted octanol–water partition coefficient (Wildman–Crippen LogP) is 2.88. The summed E-state index contributed by atoms with van der Waals surface area (Å²) in [5.41, 5.74) is -0.444. The molecule has 0 radical (unpaired) electrons. The van der Waals surface area contributed by atoms with Gasteiger partial charge >= 0.3 is 5.69 Å². The van der Waals surface area contributed by atoms with Gasteiger partial charge in [-0.3, -0.25) is 14.9 Å². The van der Waals surface area contributed by atoms with E-state index in [9.17, 15) is 14.9 Å². The monoisotopic (exact) mass is 352 g/mol. The normalized spacial score (nSPS) is 17.1. The fourth-order valence-electron chi connectivity index (χ4n) is 3.24. The Morgan fingerprint density at radius 3 is 2.48 bits per heavy atom. The Morgan fingerprint density at radius 2 is 1.96 bits per heavy atom. The van der Waals surface area contributed by atoms with E-state index in [2.05, 4.69) is 6.92 Å². The molecule has 0 unspecified atom stereocenters. The largest absolute Gasteiger partial charge is 0.493 e. The summed E-state index contributed by atoms with van der Waals surface area (Å²) in [7, 11) is 4.07. The number of hydrogen-bond acceptors (Lipinski definition) is 6. The van der Waals surface area contributed by atoms with Crippen molar-refractivity contribution in [3.05, 3.63) is 21.7 Å². The Hall–Kier alpha value is -2.51. The fourth-order valence-corrected chi connectivity index (χ4v) is 3.24. The summed E-state index contributed by atoms with van der Waals surface area (Å²) in [6.07, 6.45) is 2.93. The number of piperidine rings is 1. The molecular formula is C17H24N2O6. The molecule has 0 N–H and O–H groups in total. The lowest BCUT2D eigenvalue weighted by molar-refractivity contribution is -0.386. The summed E-state index contributed by atoms with van der Waals surface area (Å²) in [6, 6.07) is 1.36. The summed E-state index contributed by atoms with van der Waals surface area (Å²) >= 11 is 0. The van der Waals surface area contributed by atoms with Crippen LogP contribution in [0, 0.1) is 16.0 Å². The molecule has 1 aromatic carbocycles. The highest BCUT2D eigenvalue weighted by molar-refractivity contribution is 6.00. The van der Waals surface area contributed by atoms with Crippen LogP contribution in [0.3, 0.4) is 0 Å². The van der Waals surface area contributed by atoms with Gasteiger partial charge in [0, 0.05) is 19.2 Å². The van der Waals surface area contributed by atoms with Gasteiger partial charge in [0.1, 0.15) is 5.56 Å². The molecule has 0 aromatic heterocycles. The van der Waals surface area contributed by atoms with Crippen LogP contribution in [0.15, 0.2) is 6.07 Å². The van der Waals surface area contributed by atoms with E-state index in [4.69, 9.17) is 14.2 Å². The topological polar surface area (TPSA) is 91.1 Å². The van der Waals surface area contributed by atoms with Crippen molar-refractivity contribution in [1.82, 2.24) is 4.90 Å². The third kappa shape index (κ3) is 3.62. The predicted molar refractivity (Wildman–Crippen MR) is 91.7 cm³/mol. The average Bonchev–Trinajstić information content (AvgIpc) is 2.65. The Bertz CT molecular complexity index is 661. The molecule has 8 nitrogen and oxygen atoms in total. The quantitative estimate of drug-likeness (QED) is 0.577. The van der Waals surface area contributed by atoms with E-state index in [0.717, 1.165) is 19.3 Å². The summed E-state index contributed by atoms with van der Waals surface area (Å²) in [5.74, 6) is 0.234. The molecule has 1 aromatic rings. The van der Waals surface area contributed by atoms with Crippen molar-refractivity contribution >= 4 is 11.6 Å². The van der Waals surface area contributed by atoms with Crippen LogP contribution in [0.1, 0.15) is 36.5 Å². The number of amides is 1. The summed E-state index contributed by atoms with van der Waals surface area (Å²) in [6.45, 7) is 3.27. The van der Waals surface area contributed by atoms with Crippen molar-refractivity contribution in [3.63, 3.8) is 0 Å². The number of nitro groups is 1. The maximum Gasteiger partial charge on any atom is 0.327 e. The van der Waals surface area contributed by atoms with Crippen molar-refractivity contribution in [2.24, 2.45) is 5.92 Å². The van der Waals surface area contributed by atoms with E-state index in [1.807, 2.05) is 0 Å². The number of carbonyl (C=O) groups excluding carboxylic acids is 1.